The molecule has 58 valence electrons. The zero-order chi connectivity index (χ0) is 7.65. The van der Waals surface area contributed by atoms with Crippen LogP contribution in [-0.2, 0) is 10.1 Å². The van der Waals surface area contributed by atoms with Gasteiger partial charge in [-0.25, -0.2) is 0 Å². The molecule has 1 unspecified atom stereocenters. The molecule has 0 saturated heterocycles. The Balaban J connectivity index is 0. The molecule has 0 aliphatic heterocycles. The normalized spacial score (nSPS) is 14.5. The first kappa shape index (κ1) is 13.4. The molecule has 10 heavy (non-hydrogen) atoms. The standard InChI is InChI=1S/C3H8O5S.Na.H/c1-2(3(4)5)9(6,7)8;;/h2-5H,1H3,(H,6,7,8);;. The predicted molar refractivity (Wildman–Crippen MR) is 36.4 cm³/mol. The van der Waals surface area contributed by atoms with Crippen molar-refractivity contribution in [3.63, 3.8) is 0 Å². The second-order valence-electron chi connectivity index (χ2n) is 1.63. The minimum absolute atomic E-state index is 0. The molecule has 0 saturated carbocycles. The Morgan fingerprint density at radius 3 is 1.60 bits per heavy atom. The van der Waals surface area contributed by atoms with E-state index in [0.717, 1.165) is 6.92 Å². The fourth-order valence-corrected chi connectivity index (χ4v) is 0.461. The predicted octanol–water partition coefficient (Wildman–Crippen LogP) is -2.08. The average Bonchev–Trinajstić information content (AvgIpc) is 1.62. The van der Waals surface area contributed by atoms with Crippen LogP contribution in [0.5, 0.6) is 0 Å². The van der Waals surface area contributed by atoms with Gasteiger partial charge in [0, 0.05) is 0 Å². The molecule has 0 bridgehead atoms. The first-order valence-electron chi connectivity index (χ1n) is 2.18. The van der Waals surface area contributed by atoms with Gasteiger partial charge in [-0.15, -0.1) is 0 Å². The summed E-state index contributed by atoms with van der Waals surface area (Å²) < 4.78 is 28.1. The second kappa shape index (κ2) is 4.66. The second-order valence-corrected chi connectivity index (χ2v) is 3.41. The summed E-state index contributed by atoms with van der Waals surface area (Å²) in [6, 6.07) is 0. The summed E-state index contributed by atoms with van der Waals surface area (Å²) in [6.07, 6.45) is -2.03. The van der Waals surface area contributed by atoms with Crippen LogP contribution >= 0.6 is 0 Å². The van der Waals surface area contributed by atoms with E-state index in [9.17, 15) is 8.42 Å². The van der Waals surface area contributed by atoms with E-state index in [0.29, 0.717) is 0 Å². The van der Waals surface area contributed by atoms with Crippen LogP contribution in [-0.4, -0.2) is 64.3 Å². The van der Waals surface area contributed by atoms with Gasteiger partial charge in [0.15, 0.2) is 6.29 Å². The molecule has 7 heteroatoms. The van der Waals surface area contributed by atoms with Gasteiger partial charge >= 0.3 is 29.6 Å². The monoisotopic (exact) mass is 180 g/mol. The van der Waals surface area contributed by atoms with Crippen molar-refractivity contribution < 1.29 is 23.2 Å². The molecule has 0 aliphatic carbocycles. The molecule has 0 amide bonds. The molecule has 0 spiro atoms. The number of hydrogen-bond donors (Lipinski definition) is 3. The number of aliphatic hydroxyl groups excluding tert-OH is 1. The van der Waals surface area contributed by atoms with Gasteiger partial charge in [0.25, 0.3) is 10.1 Å². The van der Waals surface area contributed by atoms with E-state index in [1.54, 1.807) is 0 Å². The Bertz CT molecular complexity index is 173. The summed E-state index contributed by atoms with van der Waals surface area (Å²) in [4.78, 5) is 0. The van der Waals surface area contributed by atoms with Crippen molar-refractivity contribution in [1.82, 2.24) is 0 Å². The summed E-state index contributed by atoms with van der Waals surface area (Å²) >= 11 is 0. The van der Waals surface area contributed by atoms with Crippen LogP contribution in [0, 0.1) is 0 Å². The third-order valence-electron chi connectivity index (χ3n) is 0.890. The summed E-state index contributed by atoms with van der Waals surface area (Å²) in [5.74, 6) is 0. The Hall–Kier alpha value is 0.830. The third kappa shape index (κ3) is 4.62. The maximum absolute atomic E-state index is 10.0. The minimum atomic E-state index is -4.30. The van der Waals surface area contributed by atoms with E-state index in [-0.39, 0.29) is 29.6 Å². The van der Waals surface area contributed by atoms with Crippen LogP contribution in [0.1, 0.15) is 6.92 Å². The Morgan fingerprint density at radius 1 is 1.30 bits per heavy atom. The van der Waals surface area contributed by atoms with Crippen LogP contribution in [0.15, 0.2) is 0 Å². The number of hydrogen-bond acceptors (Lipinski definition) is 4. The number of aliphatic hydroxyl groups is 2. The van der Waals surface area contributed by atoms with Crippen molar-refractivity contribution >= 4 is 39.7 Å². The quantitative estimate of drug-likeness (QED) is 0.258. The molecule has 0 aromatic heterocycles. The summed E-state index contributed by atoms with van der Waals surface area (Å²) in [6.45, 7) is 0.986. The van der Waals surface area contributed by atoms with E-state index in [1.807, 2.05) is 0 Å². The molecule has 0 rings (SSSR count). The fraction of sp³-hybridized carbons (Fsp3) is 1.00. The van der Waals surface area contributed by atoms with Crippen molar-refractivity contribution in [2.45, 2.75) is 18.5 Å². The molecule has 0 aromatic rings. The first-order valence-corrected chi connectivity index (χ1v) is 3.68. The van der Waals surface area contributed by atoms with Crippen molar-refractivity contribution in [3.05, 3.63) is 0 Å². The van der Waals surface area contributed by atoms with Gasteiger partial charge in [-0.05, 0) is 6.92 Å². The van der Waals surface area contributed by atoms with E-state index in [4.69, 9.17) is 14.8 Å². The number of rotatable bonds is 2. The average molecular weight is 180 g/mol. The molecule has 0 aliphatic rings. The molecular formula is C3H9NaO5S. The van der Waals surface area contributed by atoms with Crippen LogP contribution in [0.25, 0.3) is 0 Å². The Kier molecular flexibility index (Phi) is 6.25. The fourth-order valence-electron chi connectivity index (χ4n) is 0.154. The van der Waals surface area contributed by atoms with Gasteiger partial charge in [0.2, 0.25) is 0 Å². The van der Waals surface area contributed by atoms with E-state index < -0.39 is 21.7 Å². The van der Waals surface area contributed by atoms with E-state index in [2.05, 4.69) is 0 Å². The van der Waals surface area contributed by atoms with Gasteiger partial charge in [-0.1, -0.05) is 0 Å². The molecule has 0 heterocycles. The molecule has 5 nitrogen and oxygen atoms in total. The van der Waals surface area contributed by atoms with Crippen LogP contribution in [0.2, 0.25) is 0 Å². The van der Waals surface area contributed by atoms with Crippen molar-refractivity contribution in [2.75, 3.05) is 0 Å². The third-order valence-corrected chi connectivity index (χ3v) is 2.07. The zero-order valence-corrected chi connectivity index (χ0v) is 5.54. The molecular weight excluding hydrogens is 171 g/mol. The maximum atomic E-state index is 10.0. The molecule has 0 aromatic carbocycles. The SMILES string of the molecule is CC(C(O)O)S(=O)(=O)O.[NaH]. The topological polar surface area (TPSA) is 94.8 Å². The summed E-state index contributed by atoms with van der Waals surface area (Å²) in [7, 11) is -4.30. The molecule has 0 radical (unpaired) electrons. The molecule has 1 atom stereocenters. The van der Waals surface area contributed by atoms with Crippen LogP contribution < -0.4 is 0 Å². The van der Waals surface area contributed by atoms with E-state index >= 15 is 0 Å². The zero-order valence-electron chi connectivity index (χ0n) is 4.72. The summed E-state index contributed by atoms with van der Waals surface area (Å²) in [5.41, 5.74) is 0. The Labute approximate surface area is 81.1 Å². The van der Waals surface area contributed by atoms with Gasteiger partial charge < -0.3 is 10.2 Å². The summed E-state index contributed by atoms with van der Waals surface area (Å²) in [5, 5.41) is 14.8. The first-order chi connectivity index (χ1) is 3.85. The van der Waals surface area contributed by atoms with Gasteiger partial charge in [-0.3, -0.25) is 4.55 Å². The van der Waals surface area contributed by atoms with Gasteiger partial charge in [0.05, 0.1) is 0 Å². The molecule has 3 N–H and O–H groups in total. The van der Waals surface area contributed by atoms with Gasteiger partial charge in [-0.2, -0.15) is 8.42 Å². The van der Waals surface area contributed by atoms with Crippen LogP contribution in [0.3, 0.4) is 0 Å². The van der Waals surface area contributed by atoms with Crippen molar-refractivity contribution in [2.24, 2.45) is 0 Å². The Morgan fingerprint density at radius 2 is 1.60 bits per heavy atom. The van der Waals surface area contributed by atoms with Crippen LogP contribution in [0.4, 0.5) is 0 Å². The van der Waals surface area contributed by atoms with Gasteiger partial charge in [0.1, 0.15) is 5.25 Å². The van der Waals surface area contributed by atoms with E-state index in [1.165, 1.54) is 0 Å². The van der Waals surface area contributed by atoms with Crippen molar-refractivity contribution in [1.29, 1.82) is 0 Å². The molecule has 0 fully saturated rings. The van der Waals surface area contributed by atoms with Crippen molar-refractivity contribution in [3.8, 4) is 0 Å².